The molecule has 0 aliphatic carbocycles. The number of nitrogens with zero attached hydrogens (tertiary/aromatic N) is 2. The van der Waals surface area contributed by atoms with Gasteiger partial charge in [-0.1, -0.05) is 19.1 Å². The van der Waals surface area contributed by atoms with Gasteiger partial charge in [-0.3, -0.25) is 0 Å². The Hall–Kier alpha value is -0.680. The van der Waals surface area contributed by atoms with Crippen LogP contribution in [0.3, 0.4) is 0 Å². The predicted molar refractivity (Wildman–Crippen MR) is 71.2 cm³/mol. The lowest BCUT2D eigenvalue weighted by Gasteiger charge is -2.21. The average molecular weight is 288 g/mol. The summed E-state index contributed by atoms with van der Waals surface area (Å²) in [5, 5.41) is 0. The number of hydrogen-bond donors (Lipinski definition) is 1. The Kier molecular flexibility index (Phi) is 4.47. The molecule has 1 aromatic rings. The molecule has 0 amide bonds. The monoisotopic (exact) mass is 287 g/mol. The Morgan fingerprint density at radius 3 is 2.80 bits per heavy atom. The molecule has 1 aromatic heterocycles. The maximum Gasteiger partial charge on any atom is 0.128 e. The maximum atomic E-state index is 5.56. The lowest BCUT2D eigenvalue weighted by molar-refractivity contribution is 0.735. The van der Waals surface area contributed by atoms with Crippen LogP contribution < -0.4 is 10.6 Å². The third-order valence-electron chi connectivity index (χ3n) is 2.14. The molecule has 0 aliphatic rings. The number of aromatic nitrogens is 1. The Balaban J connectivity index is 2.64. The van der Waals surface area contributed by atoms with Gasteiger partial charge in [0, 0.05) is 30.2 Å². The van der Waals surface area contributed by atoms with Crippen LogP contribution in [0.5, 0.6) is 0 Å². The standard InChI is InChI=1S/C10H14BrN3S/c1-7(10(12)15)6-14(2)9-4-3-8(11)5-13-9/h3-5,7H,6H2,1-2H3,(H2,12,15). The molecule has 0 bridgehead atoms. The van der Waals surface area contributed by atoms with Gasteiger partial charge in [-0.15, -0.1) is 0 Å². The highest BCUT2D eigenvalue weighted by atomic mass is 79.9. The van der Waals surface area contributed by atoms with Crippen LogP contribution in [0, 0.1) is 5.92 Å². The molecule has 1 heterocycles. The summed E-state index contributed by atoms with van der Waals surface area (Å²) in [4.78, 5) is 6.86. The van der Waals surface area contributed by atoms with Crippen LogP contribution in [-0.2, 0) is 0 Å². The van der Waals surface area contributed by atoms with Gasteiger partial charge in [-0.05, 0) is 28.1 Å². The fourth-order valence-electron chi connectivity index (χ4n) is 1.19. The average Bonchev–Trinajstić information content (AvgIpc) is 2.18. The number of anilines is 1. The highest BCUT2D eigenvalue weighted by molar-refractivity contribution is 9.10. The third kappa shape index (κ3) is 3.76. The number of thiocarbonyl (C=S) groups is 1. The zero-order valence-corrected chi connectivity index (χ0v) is 11.2. The van der Waals surface area contributed by atoms with E-state index in [9.17, 15) is 0 Å². The van der Waals surface area contributed by atoms with Crippen molar-refractivity contribution in [1.82, 2.24) is 4.98 Å². The van der Waals surface area contributed by atoms with Gasteiger partial charge < -0.3 is 10.6 Å². The van der Waals surface area contributed by atoms with Crippen LogP contribution >= 0.6 is 28.1 Å². The van der Waals surface area contributed by atoms with Crippen molar-refractivity contribution in [2.45, 2.75) is 6.92 Å². The van der Waals surface area contributed by atoms with E-state index in [-0.39, 0.29) is 5.92 Å². The zero-order valence-electron chi connectivity index (χ0n) is 8.77. The molecule has 0 spiro atoms. The van der Waals surface area contributed by atoms with Gasteiger partial charge in [-0.2, -0.15) is 0 Å². The first-order valence-electron chi connectivity index (χ1n) is 4.62. The van der Waals surface area contributed by atoms with E-state index in [1.54, 1.807) is 6.20 Å². The van der Waals surface area contributed by atoms with Gasteiger partial charge >= 0.3 is 0 Å². The van der Waals surface area contributed by atoms with Crippen molar-refractivity contribution in [3.05, 3.63) is 22.8 Å². The van der Waals surface area contributed by atoms with E-state index in [0.29, 0.717) is 4.99 Å². The van der Waals surface area contributed by atoms with Gasteiger partial charge in [0.2, 0.25) is 0 Å². The van der Waals surface area contributed by atoms with Crippen LogP contribution in [0.1, 0.15) is 6.92 Å². The molecule has 0 saturated heterocycles. The summed E-state index contributed by atoms with van der Waals surface area (Å²) in [5.41, 5.74) is 5.56. The normalized spacial score (nSPS) is 12.2. The SMILES string of the molecule is CC(CN(C)c1ccc(Br)cn1)C(N)=S. The molecule has 1 unspecified atom stereocenters. The van der Waals surface area contributed by atoms with Crippen molar-refractivity contribution in [3.63, 3.8) is 0 Å². The summed E-state index contributed by atoms with van der Waals surface area (Å²) < 4.78 is 0.974. The van der Waals surface area contributed by atoms with Crippen molar-refractivity contribution >= 4 is 39.0 Å². The molecule has 82 valence electrons. The second kappa shape index (κ2) is 5.42. The third-order valence-corrected chi connectivity index (χ3v) is 3.01. The molecular formula is C10H14BrN3S. The first-order chi connectivity index (χ1) is 7.00. The quantitative estimate of drug-likeness (QED) is 0.863. The molecule has 5 heteroatoms. The van der Waals surface area contributed by atoms with E-state index >= 15 is 0 Å². The lowest BCUT2D eigenvalue weighted by atomic mass is 10.2. The number of hydrogen-bond acceptors (Lipinski definition) is 3. The molecule has 1 atom stereocenters. The van der Waals surface area contributed by atoms with Crippen LogP contribution in [0.4, 0.5) is 5.82 Å². The summed E-state index contributed by atoms with van der Waals surface area (Å²) in [7, 11) is 1.98. The van der Waals surface area contributed by atoms with E-state index in [4.69, 9.17) is 18.0 Å². The number of pyridine rings is 1. The summed E-state index contributed by atoms with van der Waals surface area (Å²) in [5.74, 6) is 1.11. The topological polar surface area (TPSA) is 42.2 Å². The van der Waals surface area contributed by atoms with E-state index < -0.39 is 0 Å². The van der Waals surface area contributed by atoms with Gasteiger partial charge in [0.15, 0.2) is 0 Å². The Labute approximate surface area is 104 Å². The minimum atomic E-state index is 0.190. The largest absolute Gasteiger partial charge is 0.393 e. The summed E-state index contributed by atoms with van der Waals surface area (Å²) in [6.45, 7) is 2.79. The fourth-order valence-corrected chi connectivity index (χ4v) is 1.50. The molecule has 15 heavy (non-hydrogen) atoms. The molecule has 0 aliphatic heterocycles. The van der Waals surface area contributed by atoms with Crippen LogP contribution in [-0.4, -0.2) is 23.6 Å². The fraction of sp³-hybridized carbons (Fsp3) is 0.400. The Bertz CT molecular complexity index is 339. The molecule has 1 rings (SSSR count). The van der Waals surface area contributed by atoms with E-state index in [1.165, 1.54) is 0 Å². The predicted octanol–water partition coefficient (Wildman–Crippen LogP) is 2.20. The van der Waals surface area contributed by atoms with Gasteiger partial charge in [0.25, 0.3) is 0 Å². The summed E-state index contributed by atoms with van der Waals surface area (Å²) >= 11 is 8.28. The highest BCUT2D eigenvalue weighted by Gasteiger charge is 2.09. The molecule has 2 N–H and O–H groups in total. The van der Waals surface area contributed by atoms with E-state index in [2.05, 4.69) is 20.9 Å². The van der Waals surface area contributed by atoms with Crippen LogP contribution in [0.2, 0.25) is 0 Å². The Morgan fingerprint density at radius 1 is 1.67 bits per heavy atom. The van der Waals surface area contributed by atoms with E-state index in [1.807, 2.05) is 31.0 Å². The molecule has 0 saturated carbocycles. The zero-order chi connectivity index (χ0) is 11.4. The van der Waals surface area contributed by atoms with E-state index in [0.717, 1.165) is 16.8 Å². The first kappa shape index (κ1) is 12.4. The lowest BCUT2D eigenvalue weighted by Crippen LogP contribution is -2.31. The van der Waals surface area contributed by atoms with Crippen LogP contribution in [0.25, 0.3) is 0 Å². The summed E-state index contributed by atoms with van der Waals surface area (Å²) in [6, 6.07) is 3.92. The number of halogens is 1. The molecule has 0 aromatic carbocycles. The summed E-state index contributed by atoms with van der Waals surface area (Å²) in [6.07, 6.45) is 1.78. The second-order valence-electron chi connectivity index (χ2n) is 3.52. The minimum absolute atomic E-state index is 0.190. The van der Waals surface area contributed by atoms with Crippen molar-refractivity contribution in [3.8, 4) is 0 Å². The highest BCUT2D eigenvalue weighted by Crippen LogP contribution is 2.14. The minimum Gasteiger partial charge on any atom is -0.393 e. The number of nitrogens with two attached hydrogens (primary N) is 1. The molecular weight excluding hydrogens is 274 g/mol. The molecule has 0 radical (unpaired) electrons. The smallest absolute Gasteiger partial charge is 0.128 e. The van der Waals surface area contributed by atoms with Gasteiger partial charge in [0.1, 0.15) is 5.82 Å². The maximum absolute atomic E-state index is 5.56. The van der Waals surface area contributed by atoms with Crippen molar-refractivity contribution in [1.29, 1.82) is 0 Å². The van der Waals surface area contributed by atoms with Crippen LogP contribution in [0.15, 0.2) is 22.8 Å². The van der Waals surface area contributed by atoms with Crippen molar-refractivity contribution < 1.29 is 0 Å². The number of rotatable bonds is 4. The molecule has 0 fully saturated rings. The van der Waals surface area contributed by atoms with Crippen molar-refractivity contribution in [2.24, 2.45) is 11.7 Å². The first-order valence-corrected chi connectivity index (χ1v) is 5.83. The van der Waals surface area contributed by atoms with Crippen molar-refractivity contribution in [2.75, 3.05) is 18.5 Å². The van der Waals surface area contributed by atoms with Gasteiger partial charge in [-0.25, -0.2) is 4.98 Å². The molecule has 3 nitrogen and oxygen atoms in total. The Morgan fingerprint density at radius 2 is 2.33 bits per heavy atom. The van der Waals surface area contributed by atoms with Gasteiger partial charge in [0.05, 0.1) is 4.99 Å². The second-order valence-corrected chi connectivity index (χ2v) is 4.91.